The van der Waals surface area contributed by atoms with Crippen molar-refractivity contribution in [1.29, 1.82) is 0 Å². The lowest BCUT2D eigenvalue weighted by Crippen LogP contribution is -2.47. The number of rotatable bonds is 7. The topological polar surface area (TPSA) is 75.3 Å². The normalized spacial score (nSPS) is 31.3. The zero-order valence-electron chi connectivity index (χ0n) is 16.9. The fourth-order valence-electron chi connectivity index (χ4n) is 6.30. The third-order valence-electron chi connectivity index (χ3n) is 6.92. The van der Waals surface area contributed by atoms with Crippen LogP contribution < -0.4 is 10.0 Å². The van der Waals surface area contributed by atoms with Crippen molar-refractivity contribution < 1.29 is 13.2 Å². The molecule has 1 amide bonds. The summed E-state index contributed by atoms with van der Waals surface area (Å²) in [6.07, 6.45) is 9.44. The van der Waals surface area contributed by atoms with Gasteiger partial charge in [0.25, 0.3) is 5.91 Å². The van der Waals surface area contributed by atoms with Gasteiger partial charge in [-0.3, -0.25) is 4.79 Å². The van der Waals surface area contributed by atoms with Crippen molar-refractivity contribution in [2.24, 2.45) is 23.2 Å². The third-order valence-corrected chi connectivity index (χ3v) is 8.60. The molecule has 0 spiro atoms. The smallest absolute Gasteiger partial charge is 0.251 e. The summed E-state index contributed by atoms with van der Waals surface area (Å²) < 4.78 is 26.9. The van der Waals surface area contributed by atoms with Gasteiger partial charge in [0, 0.05) is 18.2 Å². The molecule has 154 valence electrons. The van der Waals surface area contributed by atoms with Crippen molar-refractivity contribution >= 4 is 15.9 Å². The molecule has 0 heterocycles. The number of sulfonamides is 1. The Balaban J connectivity index is 1.32. The molecule has 28 heavy (non-hydrogen) atoms. The van der Waals surface area contributed by atoms with Gasteiger partial charge in [-0.1, -0.05) is 0 Å². The van der Waals surface area contributed by atoms with Crippen LogP contribution in [0.2, 0.25) is 0 Å². The lowest BCUT2D eigenvalue weighted by molar-refractivity contribution is -0.0564. The van der Waals surface area contributed by atoms with E-state index in [0.29, 0.717) is 17.5 Å². The van der Waals surface area contributed by atoms with E-state index in [1.54, 1.807) is 26.0 Å². The summed E-state index contributed by atoms with van der Waals surface area (Å²) in [5.74, 6) is 2.66. The van der Waals surface area contributed by atoms with E-state index in [1.807, 2.05) is 0 Å². The molecule has 0 aliphatic heterocycles. The Morgan fingerprint density at radius 1 is 1.04 bits per heavy atom. The first-order valence-electron chi connectivity index (χ1n) is 10.7. The molecule has 5 rings (SSSR count). The molecule has 4 bridgehead atoms. The van der Waals surface area contributed by atoms with Crippen LogP contribution in [0.25, 0.3) is 0 Å². The second-order valence-electron chi connectivity index (χ2n) is 9.72. The van der Waals surface area contributed by atoms with Gasteiger partial charge in [0.1, 0.15) is 0 Å². The summed E-state index contributed by atoms with van der Waals surface area (Å²) in [6.45, 7) is 4.27. The molecule has 0 unspecified atom stereocenters. The van der Waals surface area contributed by atoms with Crippen LogP contribution in [0.3, 0.4) is 0 Å². The summed E-state index contributed by atoms with van der Waals surface area (Å²) in [4.78, 5) is 12.7. The number of hydrogen-bond donors (Lipinski definition) is 2. The molecular formula is C22H32N2O3S. The quantitative estimate of drug-likeness (QED) is 0.727. The van der Waals surface area contributed by atoms with Crippen LogP contribution in [0.15, 0.2) is 29.2 Å². The lowest BCUT2D eigenvalue weighted by Gasteiger charge is -2.57. The van der Waals surface area contributed by atoms with Gasteiger partial charge in [0.05, 0.1) is 4.90 Å². The fourth-order valence-corrected chi connectivity index (χ4v) is 7.55. The minimum atomic E-state index is -3.53. The first-order chi connectivity index (χ1) is 13.2. The van der Waals surface area contributed by atoms with E-state index >= 15 is 0 Å². The number of amides is 1. The van der Waals surface area contributed by atoms with E-state index in [-0.39, 0.29) is 16.8 Å². The fraction of sp³-hybridized carbons (Fsp3) is 0.682. The Morgan fingerprint density at radius 2 is 1.57 bits per heavy atom. The monoisotopic (exact) mass is 404 g/mol. The van der Waals surface area contributed by atoms with Crippen LogP contribution in [-0.4, -0.2) is 26.9 Å². The van der Waals surface area contributed by atoms with Crippen molar-refractivity contribution in [3.63, 3.8) is 0 Å². The predicted octanol–water partition coefficient (Wildman–Crippen LogP) is 3.71. The van der Waals surface area contributed by atoms with Gasteiger partial charge in [-0.05, 0) is 106 Å². The highest BCUT2D eigenvalue weighted by Gasteiger charge is 2.50. The zero-order valence-corrected chi connectivity index (χ0v) is 17.7. The molecule has 5 nitrogen and oxygen atoms in total. The molecule has 0 saturated heterocycles. The molecule has 4 aliphatic carbocycles. The second-order valence-corrected chi connectivity index (χ2v) is 11.4. The molecule has 6 heteroatoms. The Morgan fingerprint density at radius 3 is 2.07 bits per heavy atom. The van der Waals surface area contributed by atoms with Crippen LogP contribution in [0.1, 0.15) is 69.2 Å². The number of carbonyl (C=O) groups is 1. The maximum atomic E-state index is 12.5. The Hall–Kier alpha value is -1.40. The van der Waals surface area contributed by atoms with E-state index in [9.17, 15) is 13.2 Å². The Labute approximate surface area is 168 Å². The number of hydrogen-bond acceptors (Lipinski definition) is 3. The summed E-state index contributed by atoms with van der Waals surface area (Å²) >= 11 is 0. The highest BCUT2D eigenvalue weighted by atomic mass is 32.2. The first kappa shape index (κ1) is 19.9. The van der Waals surface area contributed by atoms with Gasteiger partial charge in [-0.25, -0.2) is 13.1 Å². The highest BCUT2D eigenvalue weighted by Crippen LogP contribution is 2.61. The van der Waals surface area contributed by atoms with Gasteiger partial charge in [0.2, 0.25) is 10.0 Å². The Bertz CT molecular complexity index is 795. The molecule has 4 saturated carbocycles. The average Bonchev–Trinajstić information content (AvgIpc) is 2.59. The van der Waals surface area contributed by atoms with Crippen molar-refractivity contribution in [3.8, 4) is 0 Å². The minimum absolute atomic E-state index is 0.120. The van der Waals surface area contributed by atoms with Crippen LogP contribution >= 0.6 is 0 Å². The molecule has 4 fully saturated rings. The van der Waals surface area contributed by atoms with E-state index in [4.69, 9.17) is 0 Å². The van der Waals surface area contributed by atoms with E-state index in [1.165, 1.54) is 50.7 Å². The third kappa shape index (κ3) is 4.13. The SMILES string of the molecule is CC(C)NS(=O)(=O)c1ccc(C(=O)NCCC23CC4CC(CC(C4)C2)C3)cc1. The van der Waals surface area contributed by atoms with Crippen molar-refractivity contribution in [2.45, 2.75) is 69.7 Å². The van der Waals surface area contributed by atoms with Crippen LogP contribution in [0.4, 0.5) is 0 Å². The summed E-state index contributed by atoms with van der Waals surface area (Å²) in [5.41, 5.74) is 0.969. The van der Waals surface area contributed by atoms with E-state index < -0.39 is 10.0 Å². The van der Waals surface area contributed by atoms with Crippen LogP contribution in [0.5, 0.6) is 0 Å². The van der Waals surface area contributed by atoms with E-state index in [2.05, 4.69) is 10.0 Å². The largest absolute Gasteiger partial charge is 0.352 e. The highest BCUT2D eigenvalue weighted by molar-refractivity contribution is 7.89. The van der Waals surface area contributed by atoms with Crippen molar-refractivity contribution in [2.75, 3.05) is 6.54 Å². The van der Waals surface area contributed by atoms with Crippen molar-refractivity contribution in [3.05, 3.63) is 29.8 Å². The zero-order chi connectivity index (χ0) is 19.9. The molecule has 2 N–H and O–H groups in total. The second kappa shape index (κ2) is 7.45. The standard InChI is InChI=1S/C22H32N2O3S/c1-15(2)24-28(26,27)20-5-3-19(4-6-20)21(25)23-8-7-22-12-16-9-17(13-22)11-18(10-16)14-22/h3-6,15-18,24H,7-14H2,1-2H3,(H,23,25). The van der Waals surface area contributed by atoms with E-state index in [0.717, 1.165) is 24.2 Å². The summed E-state index contributed by atoms with van der Waals surface area (Å²) in [7, 11) is -3.53. The maximum Gasteiger partial charge on any atom is 0.251 e. The molecule has 1 aromatic rings. The Kier molecular flexibility index (Phi) is 5.29. The molecule has 0 radical (unpaired) electrons. The van der Waals surface area contributed by atoms with Crippen LogP contribution in [0, 0.1) is 23.2 Å². The van der Waals surface area contributed by atoms with Gasteiger partial charge in [-0.15, -0.1) is 0 Å². The van der Waals surface area contributed by atoms with Gasteiger partial charge in [0.15, 0.2) is 0 Å². The van der Waals surface area contributed by atoms with Gasteiger partial charge in [-0.2, -0.15) is 0 Å². The number of carbonyl (C=O) groups excluding carboxylic acids is 1. The summed E-state index contributed by atoms with van der Waals surface area (Å²) in [5, 5.41) is 3.06. The molecular weight excluding hydrogens is 372 g/mol. The average molecular weight is 405 g/mol. The maximum absolute atomic E-state index is 12.5. The molecule has 1 aromatic carbocycles. The first-order valence-corrected chi connectivity index (χ1v) is 12.1. The predicted molar refractivity (Wildman–Crippen MR) is 109 cm³/mol. The lowest BCUT2D eigenvalue weighted by atomic mass is 9.49. The summed E-state index contributed by atoms with van der Waals surface area (Å²) in [6, 6.07) is 6.01. The van der Waals surface area contributed by atoms with Gasteiger partial charge >= 0.3 is 0 Å². The molecule has 4 aliphatic rings. The minimum Gasteiger partial charge on any atom is -0.352 e. The molecule has 0 aromatic heterocycles. The van der Waals surface area contributed by atoms with Crippen molar-refractivity contribution in [1.82, 2.24) is 10.0 Å². The number of nitrogens with one attached hydrogen (secondary N) is 2. The van der Waals surface area contributed by atoms with Gasteiger partial charge < -0.3 is 5.32 Å². The molecule has 0 atom stereocenters. The van der Waals surface area contributed by atoms with Crippen LogP contribution in [-0.2, 0) is 10.0 Å². The number of benzene rings is 1.